The molecule has 9 heteroatoms. The zero-order chi connectivity index (χ0) is 22.5. The second-order valence-electron chi connectivity index (χ2n) is 6.40. The number of ether oxygens (including phenoxy) is 2. The molecule has 0 spiro atoms. The zero-order valence-corrected chi connectivity index (χ0v) is 18.8. The van der Waals surface area contributed by atoms with E-state index < -0.39 is 5.97 Å². The average Bonchev–Trinajstić information content (AvgIpc) is 3.04. The van der Waals surface area contributed by atoms with E-state index >= 15 is 0 Å². The van der Waals surface area contributed by atoms with E-state index in [0.29, 0.717) is 4.91 Å². The fourth-order valence-corrected chi connectivity index (χ4v) is 4.12. The van der Waals surface area contributed by atoms with Crippen molar-refractivity contribution in [1.82, 2.24) is 5.01 Å². The molecule has 7 nitrogen and oxygen atoms in total. The van der Waals surface area contributed by atoms with Gasteiger partial charge in [-0.1, -0.05) is 43.0 Å². The van der Waals surface area contributed by atoms with Gasteiger partial charge in [0, 0.05) is 5.56 Å². The summed E-state index contributed by atoms with van der Waals surface area (Å²) in [5, 5.41) is 14.8. The van der Waals surface area contributed by atoms with Crippen molar-refractivity contribution in [2.24, 2.45) is 5.10 Å². The summed E-state index contributed by atoms with van der Waals surface area (Å²) in [5.74, 6) is -1.24. The van der Waals surface area contributed by atoms with Gasteiger partial charge in [-0.2, -0.15) is 10.1 Å². The van der Waals surface area contributed by atoms with Crippen LogP contribution in [0.25, 0.3) is 6.08 Å². The predicted octanol–water partition coefficient (Wildman–Crippen LogP) is 4.20. The lowest BCUT2D eigenvalue weighted by Crippen LogP contribution is -2.22. The molecule has 0 aliphatic carbocycles. The Balaban J connectivity index is 1.89. The third-order valence-electron chi connectivity index (χ3n) is 4.56. The van der Waals surface area contributed by atoms with Gasteiger partial charge in [-0.25, -0.2) is 4.79 Å². The number of methoxy groups -OCH3 is 2. The number of hydrazone groups is 1. The van der Waals surface area contributed by atoms with Crippen LogP contribution in [0.2, 0.25) is 0 Å². The third-order valence-corrected chi connectivity index (χ3v) is 5.85. The van der Waals surface area contributed by atoms with Crippen LogP contribution in [0.3, 0.4) is 0 Å². The summed E-state index contributed by atoms with van der Waals surface area (Å²) in [5.41, 5.74) is 2.22. The monoisotopic (exact) mass is 456 g/mol. The van der Waals surface area contributed by atoms with E-state index in [1.54, 1.807) is 12.1 Å². The van der Waals surface area contributed by atoms with Crippen LogP contribution in [0.1, 0.15) is 34.0 Å². The van der Waals surface area contributed by atoms with Crippen molar-refractivity contribution in [1.29, 1.82) is 0 Å². The molecule has 0 bridgehead atoms. The summed E-state index contributed by atoms with van der Waals surface area (Å²) in [6, 6.07) is 11.0. The van der Waals surface area contributed by atoms with Crippen molar-refractivity contribution in [2.75, 3.05) is 14.2 Å². The van der Waals surface area contributed by atoms with Gasteiger partial charge in [-0.05, 0) is 48.0 Å². The summed E-state index contributed by atoms with van der Waals surface area (Å²) in [7, 11) is 2.77. The van der Waals surface area contributed by atoms with Gasteiger partial charge in [0.25, 0.3) is 5.91 Å². The minimum Gasteiger partial charge on any atom is -0.493 e. The number of aromatic carboxylic acids is 1. The maximum Gasteiger partial charge on any atom is 0.340 e. The first-order valence-electron chi connectivity index (χ1n) is 9.28. The third kappa shape index (κ3) is 4.78. The van der Waals surface area contributed by atoms with E-state index in [0.717, 1.165) is 28.8 Å². The molecule has 0 unspecified atom stereocenters. The highest BCUT2D eigenvalue weighted by atomic mass is 32.2. The Kier molecular flexibility index (Phi) is 7.09. The molecular weight excluding hydrogens is 436 g/mol. The minimum atomic E-state index is -1.21. The van der Waals surface area contributed by atoms with Crippen LogP contribution in [0.15, 0.2) is 46.4 Å². The first kappa shape index (κ1) is 22.5. The average molecular weight is 457 g/mol. The Labute approximate surface area is 189 Å². The maximum absolute atomic E-state index is 12.8. The van der Waals surface area contributed by atoms with Gasteiger partial charge < -0.3 is 14.6 Å². The van der Waals surface area contributed by atoms with Crippen LogP contribution in [0, 0.1) is 0 Å². The van der Waals surface area contributed by atoms with Gasteiger partial charge in [0.1, 0.15) is 5.56 Å². The standard InChI is InChI=1S/C22H20N2O5S2/c1-4-13-5-7-14(8-6-13)11-17-20(25)24(22(30)31-17)23-12-15-9-10-16(28-2)19(29-3)18(15)21(26)27/h5-12H,4H2,1-3H3,(H,26,27)/b17-11+,23-12+. The first-order valence-corrected chi connectivity index (χ1v) is 10.5. The van der Waals surface area contributed by atoms with E-state index in [-0.39, 0.29) is 32.9 Å². The second kappa shape index (κ2) is 9.76. The smallest absolute Gasteiger partial charge is 0.340 e. The van der Waals surface area contributed by atoms with Crippen molar-refractivity contribution in [2.45, 2.75) is 13.3 Å². The highest BCUT2D eigenvalue weighted by Gasteiger charge is 2.32. The summed E-state index contributed by atoms with van der Waals surface area (Å²) < 4.78 is 10.6. The van der Waals surface area contributed by atoms with Crippen molar-refractivity contribution in [3.63, 3.8) is 0 Å². The fourth-order valence-electron chi connectivity index (χ4n) is 2.95. The number of carboxylic acids is 1. The zero-order valence-electron chi connectivity index (χ0n) is 17.1. The van der Waals surface area contributed by atoms with Crippen LogP contribution in [-0.4, -0.2) is 46.7 Å². The molecule has 1 heterocycles. The SMILES string of the molecule is CCc1ccc(/C=C2/SC(=S)N(/N=C/c3ccc(OC)c(OC)c3C(=O)O)C2=O)cc1. The van der Waals surface area contributed by atoms with Crippen LogP contribution in [0.5, 0.6) is 11.5 Å². The van der Waals surface area contributed by atoms with E-state index in [1.165, 1.54) is 32.1 Å². The number of carbonyl (C=O) groups is 2. The number of thiocarbonyl (C=S) groups is 1. The summed E-state index contributed by atoms with van der Waals surface area (Å²) >= 11 is 6.43. The molecule has 0 aromatic heterocycles. The maximum atomic E-state index is 12.8. The number of nitrogens with zero attached hydrogens (tertiary/aromatic N) is 2. The van der Waals surface area contributed by atoms with Gasteiger partial charge in [0.2, 0.25) is 0 Å². The highest BCUT2D eigenvalue weighted by molar-refractivity contribution is 8.26. The molecule has 2 aromatic carbocycles. The first-order chi connectivity index (χ1) is 14.9. The topological polar surface area (TPSA) is 88.4 Å². The second-order valence-corrected chi connectivity index (χ2v) is 8.08. The molecule has 1 aliphatic rings. The number of thioether (sulfide) groups is 1. The van der Waals surface area contributed by atoms with Crippen molar-refractivity contribution >= 4 is 52.5 Å². The van der Waals surface area contributed by atoms with Gasteiger partial charge in [-0.15, -0.1) is 0 Å². The minimum absolute atomic E-state index is 0.0692. The van der Waals surface area contributed by atoms with Gasteiger partial charge in [-0.3, -0.25) is 4.79 Å². The quantitative estimate of drug-likeness (QED) is 0.379. The number of aryl methyl sites for hydroxylation is 1. The van der Waals surface area contributed by atoms with E-state index in [4.69, 9.17) is 21.7 Å². The van der Waals surface area contributed by atoms with E-state index in [1.807, 2.05) is 24.3 Å². The highest BCUT2D eigenvalue weighted by Crippen LogP contribution is 2.34. The number of benzene rings is 2. The molecule has 1 saturated heterocycles. The lowest BCUT2D eigenvalue weighted by atomic mass is 10.1. The summed E-state index contributed by atoms with van der Waals surface area (Å²) in [6.45, 7) is 2.08. The number of carbonyl (C=O) groups excluding carboxylic acids is 1. The van der Waals surface area contributed by atoms with Crippen molar-refractivity contribution in [3.8, 4) is 11.5 Å². The van der Waals surface area contributed by atoms with E-state index in [9.17, 15) is 14.7 Å². The molecule has 0 radical (unpaired) electrons. The molecule has 1 N–H and O–H groups in total. The van der Waals surface area contributed by atoms with E-state index in [2.05, 4.69) is 12.0 Å². The number of rotatable bonds is 7. The predicted molar refractivity (Wildman–Crippen MR) is 125 cm³/mol. The Hall–Kier alpha value is -3.17. The Morgan fingerprint density at radius 1 is 1.19 bits per heavy atom. The molecule has 2 aromatic rings. The van der Waals surface area contributed by atoms with Crippen LogP contribution >= 0.6 is 24.0 Å². The Bertz CT molecular complexity index is 1090. The molecular formula is C22H20N2O5S2. The largest absolute Gasteiger partial charge is 0.493 e. The number of carboxylic acid groups (broad SMARTS) is 1. The van der Waals surface area contributed by atoms with Crippen molar-refractivity contribution < 1.29 is 24.2 Å². The van der Waals surface area contributed by atoms with Crippen LogP contribution in [0.4, 0.5) is 0 Å². The van der Waals surface area contributed by atoms with Gasteiger partial charge in [0.05, 0.1) is 25.3 Å². The molecule has 1 aliphatic heterocycles. The molecule has 1 amide bonds. The van der Waals surface area contributed by atoms with Gasteiger partial charge >= 0.3 is 5.97 Å². The number of amides is 1. The van der Waals surface area contributed by atoms with Crippen LogP contribution in [-0.2, 0) is 11.2 Å². The van der Waals surface area contributed by atoms with Crippen molar-refractivity contribution in [3.05, 3.63) is 63.6 Å². The van der Waals surface area contributed by atoms with Crippen LogP contribution < -0.4 is 9.47 Å². The molecule has 3 rings (SSSR count). The molecule has 0 atom stereocenters. The lowest BCUT2D eigenvalue weighted by Gasteiger charge is -2.13. The fraction of sp³-hybridized carbons (Fsp3) is 0.182. The molecule has 0 saturated carbocycles. The molecule has 31 heavy (non-hydrogen) atoms. The Morgan fingerprint density at radius 2 is 1.90 bits per heavy atom. The number of hydrogen-bond acceptors (Lipinski definition) is 7. The summed E-state index contributed by atoms with van der Waals surface area (Å²) in [4.78, 5) is 25.0. The molecule has 1 fully saturated rings. The van der Waals surface area contributed by atoms with Gasteiger partial charge in [0.15, 0.2) is 15.8 Å². The normalized spacial score (nSPS) is 15.2. The summed E-state index contributed by atoms with van der Waals surface area (Å²) in [6.07, 6.45) is 3.97. The lowest BCUT2D eigenvalue weighted by molar-refractivity contribution is -0.122. The Morgan fingerprint density at radius 3 is 2.48 bits per heavy atom. The molecule has 160 valence electrons. The number of hydrogen-bond donors (Lipinski definition) is 1.